The molecule has 0 saturated heterocycles. The maximum Gasteiger partial charge on any atom is -0.0181 e. The fraction of sp³-hybridized carbons (Fsp3) is 0.143. The smallest absolute Gasteiger partial charge is 0.0181 e. The van der Waals surface area contributed by atoms with E-state index in [4.69, 9.17) is 0 Å². The van der Waals surface area contributed by atoms with E-state index < -0.39 is 0 Å². The molecule has 2 aromatic carbocycles. The first-order chi connectivity index (χ1) is 6.75. The molecule has 0 radical (unpaired) electrons. The van der Waals surface area contributed by atoms with Gasteiger partial charge in [0, 0.05) is 0 Å². The summed E-state index contributed by atoms with van der Waals surface area (Å²) >= 11 is 0. The molecule has 1 nitrogen and oxygen atoms in total. The predicted octanol–water partition coefficient (Wildman–Crippen LogP) is 3.15. The van der Waals surface area contributed by atoms with E-state index in [9.17, 15) is 0 Å². The molecule has 0 unspecified atom stereocenters. The summed E-state index contributed by atoms with van der Waals surface area (Å²) in [5, 5.41) is 0. The normalized spacial score (nSPS) is 9.47. The lowest BCUT2D eigenvalue weighted by molar-refractivity contribution is 0.824. The Labute approximate surface area is 90.7 Å². The summed E-state index contributed by atoms with van der Waals surface area (Å²) in [5.74, 6) is 0. The predicted molar refractivity (Wildman–Crippen MR) is 65.0 cm³/mol. The highest BCUT2D eigenvalue weighted by Gasteiger charge is 1.96. The highest BCUT2D eigenvalue weighted by molar-refractivity contribution is 5.64. The molecule has 0 bridgehead atoms. The first-order valence-corrected chi connectivity index (χ1v) is 4.89. The van der Waals surface area contributed by atoms with Crippen LogP contribution in [0.25, 0.3) is 11.1 Å². The molecule has 0 aliphatic rings. The number of rotatable bonds is 1. The molecule has 2 rings (SSSR count). The molecule has 15 heavy (non-hydrogen) atoms. The van der Waals surface area contributed by atoms with Crippen molar-refractivity contribution in [1.82, 2.24) is 0 Å². The van der Waals surface area contributed by atoms with Gasteiger partial charge < -0.3 is 5.48 Å². The van der Waals surface area contributed by atoms with Crippen LogP contribution in [-0.4, -0.2) is 5.48 Å². The van der Waals surface area contributed by atoms with Crippen LogP contribution >= 0.6 is 0 Å². The van der Waals surface area contributed by atoms with Crippen molar-refractivity contribution in [2.24, 2.45) is 0 Å². The summed E-state index contributed by atoms with van der Waals surface area (Å²) in [6.45, 7) is 4.23. The minimum Gasteiger partial charge on any atom is -0.412 e. The van der Waals surface area contributed by atoms with Gasteiger partial charge in [0.05, 0.1) is 0 Å². The quantitative estimate of drug-likeness (QED) is 0.677. The molecular formula is C14H16O. The van der Waals surface area contributed by atoms with Crippen LogP contribution in [0.5, 0.6) is 0 Å². The van der Waals surface area contributed by atoms with Gasteiger partial charge in [-0.1, -0.05) is 59.7 Å². The Bertz CT molecular complexity index is 429. The first kappa shape index (κ1) is 11.5. The van der Waals surface area contributed by atoms with E-state index in [0.29, 0.717) is 0 Å². The Hall–Kier alpha value is -1.60. The molecule has 2 aromatic rings. The molecule has 0 fully saturated rings. The molecule has 0 aliphatic heterocycles. The van der Waals surface area contributed by atoms with E-state index >= 15 is 0 Å². The molecule has 0 saturated carbocycles. The van der Waals surface area contributed by atoms with Crippen molar-refractivity contribution in [2.45, 2.75) is 13.8 Å². The maximum atomic E-state index is 2.21. The average Bonchev–Trinajstić information content (AvgIpc) is 2.19. The molecule has 0 aromatic heterocycles. The zero-order valence-electron chi connectivity index (χ0n) is 9.12. The third-order valence-electron chi connectivity index (χ3n) is 2.40. The summed E-state index contributed by atoms with van der Waals surface area (Å²) in [7, 11) is 0. The monoisotopic (exact) mass is 200 g/mol. The van der Waals surface area contributed by atoms with E-state index in [2.05, 4.69) is 62.4 Å². The van der Waals surface area contributed by atoms with Crippen molar-refractivity contribution < 1.29 is 5.48 Å². The third-order valence-corrected chi connectivity index (χ3v) is 2.40. The highest BCUT2D eigenvalue weighted by atomic mass is 16.0. The Morgan fingerprint density at radius 3 is 1.93 bits per heavy atom. The van der Waals surface area contributed by atoms with E-state index in [-0.39, 0.29) is 5.48 Å². The lowest BCUT2D eigenvalue weighted by Gasteiger charge is -2.02. The zero-order chi connectivity index (χ0) is 9.97. The van der Waals surface area contributed by atoms with E-state index in [1.807, 2.05) is 0 Å². The van der Waals surface area contributed by atoms with E-state index in [1.54, 1.807) is 0 Å². The molecule has 0 aliphatic carbocycles. The van der Waals surface area contributed by atoms with Crippen LogP contribution in [0.3, 0.4) is 0 Å². The largest absolute Gasteiger partial charge is 0.412 e. The van der Waals surface area contributed by atoms with Gasteiger partial charge in [0.25, 0.3) is 0 Å². The van der Waals surface area contributed by atoms with Crippen LogP contribution in [0, 0.1) is 13.8 Å². The van der Waals surface area contributed by atoms with Gasteiger partial charge in [0.1, 0.15) is 0 Å². The number of aryl methyl sites for hydroxylation is 2. The summed E-state index contributed by atoms with van der Waals surface area (Å²) in [5.41, 5.74) is 5.20. The van der Waals surface area contributed by atoms with Crippen LogP contribution in [-0.2, 0) is 0 Å². The van der Waals surface area contributed by atoms with E-state index in [0.717, 1.165) is 0 Å². The van der Waals surface area contributed by atoms with Gasteiger partial charge >= 0.3 is 0 Å². The average molecular weight is 200 g/mol. The van der Waals surface area contributed by atoms with Crippen LogP contribution < -0.4 is 0 Å². The molecule has 1 heteroatoms. The number of benzene rings is 2. The fourth-order valence-corrected chi connectivity index (χ4v) is 1.57. The van der Waals surface area contributed by atoms with Gasteiger partial charge in [-0.15, -0.1) is 0 Å². The lowest BCUT2D eigenvalue weighted by Crippen LogP contribution is -1.79. The molecule has 0 spiro atoms. The topological polar surface area (TPSA) is 31.5 Å². The molecule has 78 valence electrons. The van der Waals surface area contributed by atoms with E-state index in [1.165, 1.54) is 22.3 Å². The van der Waals surface area contributed by atoms with Crippen molar-refractivity contribution >= 4 is 0 Å². The fourth-order valence-electron chi connectivity index (χ4n) is 1.57. The van der Waals surface area contributed by atoms with Crippen molar-refractivity contribution in [3.05, 3.63) is 59.7 Å². The molecule has 0 amide bonds. The minimum atomic E-state index is 0. The first-order valence-electron chi connectivity index (χ1n) is 4.89. The molecule has 0 heterocycles. The van der Waals surface area contributed by atoms with Gasteiger partial charge in [0.15, 0.2) is 0 Å². The molecular weight excluding hydrogens is 184 g/mol. The van der Waals surface area contributed by atoms with Crippen LogP contribution in [0.2, 0.25) is 0 Å². The number of hydrogen-bond donors (Lipinski definition) is 0. The third kappa shape index (κ3) is 2.67. The summed E-state index contributed by atoms with van der Waals surface area (Å²) in [6, 6.07) is 17.2. The SMILES string of the molecule is Cc1ccc(-c2cccc(C)c2)cc1.O. The van der Waals surface area contributed by atoms with Crippen LogP contribution in [0.1, 0.15) is 11.1 Å². The van der Waals surface area contributed by atoms with Crippen LogP contribution in [0.15, 0.2) is 48.5 Å². The van der Waals surface area contributed by atoms with Crippen molar-refractivity contribution in [2.75, 3.05) is 0 Å². The van der Waals surface area contributed by atoms with Gasteiger partial charge in [-0.05, 0) is 25.0 Å². The van der Waals surface area contributed by atoms with Gasteiger partial charge in [-0.2, -0.15) is 0 Å². The van der Waals surface area contributed by atoms with Crippen LogP contribution in [0.4, 0.5) is 0 Å². The molecule has 0 atom stereocenters. The summed E-state index contributed by atoms with van der Waals surface area (Å²) < 4.78 is 0. The van der Waals surface area contributed by atoms with Crippen molar-refractivity contribution in [1.29, 1.82) is 0 Å². The standard InChI is InChI=1S/C14H14.H2O/c1-11-6-8-13(9-7-11)14-5-3-4-12(2)10-14;/h3-10H,1-2H3;1H2. The Kier molecular flexibility index (Phi) is 3.64. The highest BCUT2D eigenvalue weighted by Crippen LogP contribution is 2.20. The maximum absolute atomic E-state index is 2.21. The van der Waals surface area contributed by atoms with Gasteiger partial charge in [-0.25, -0.2) is 0 Å². The Balaban J connectivity index is 0.00000112. The Morgan fingerprint density at radius 2 is 1.33 bits per heavy atom. The van der Waals surface area contributed by atoms with Gasteiger partial charge in [-0.3, -0.25) is 0 Å². The second-order valence-corrected chi connectivity index (χ2v) is 3.74. The zero-order valence-corrected chi connectivity index (χ0v) is 9.12. The van der Waals surface area contributed by atoms with Crippen molar-refractivity contribution in [3.63, 3.8) is 0 Å². The summed E-state index contributed by atoms with van der Waals surface area (Å²) in [6.07, 6.45) is 0. The Morgan fingerprint density at radius 1 is 0.667 bits per heavy atom. The lowest BCUT2D eigenvalue weighted by atomic mass is 10.0. The number of hydrogen-bond acceptors (Lipinski definition) is 0. The molecule has 2 N–H and O–H groups in total. The second-order valence-electron chi connectivity index (χ2n) is 3.74. The minimum absolute atomic E-state index is 0. The second kappa shape index (κ2) is 4.76. The summed E-state index contributed by atoms with van der Waals surface area (Å²) in [4.78, 5) is 0. The van der Waals surface area contributed by atoms with Gasteiger partial charge in [0.2, 0.25) is 0 Å². The van der Waals surface area contributed by atoms with Crippen molar-refractivity contribution in [3.8, 4) is 11.1 Å².